The van der Waals surface area contributed by atoms with E-state index < -0.39 is 0 Å². The molecule has 4 rings (SSSR count). The van der Waals surface area contributed by atoms with Crippen molar-refractivity contribution in [2.24, 2.45) is 0 Å². The number of aromatic nitrogens is 5. The minimum absolute atomic E-state index is 0.233. The molecule has 0 saturated carbocycles. The number of halogens is 1. The number of H-pyrrole nitrogens is 2. The largest absolute Gasteiger partial charge is 0.336 e. The van der Waals surface area contributed by atoms with Crippen molar-refractivity contribution in [3.05, 3.63) is 74.5 Å². The fraction of sp³-hybridized carbons (Fsp3) is 0.0526. The highest BCUT2D eigenvalue weighted by molar-refractivity contribution is 9.10. The molecule has 0 aliphatic rings. The van der Waals surface area contributed by atoms with E-state index in [0.717, 1.165) is 10.2 Å². The second-order valence-electron chi connectivity index (χ2n) is 5.91. The van der Waals surface area contributed by atoms with E-state index in [-0.39, 0.29) is 11.1 Å². The zero-order chi connectivity index (χ0) is 19.0. The van der Waals surface area contributed by atoms with Gasteiger partial charge in [0.2, 0.25) is 0 Å². The van der Waals surface area contributed by atoms with Crippen LogP contribution >= 0.6 is 15.9 Å². The van der Waals surface area contributed by atoms with Crippen LogP contribution in [-0.2, 0) is 0 Å². The second-order valence-corrected chi connectivity index (χ2v) is 6.82. The van der Waals surface area contributed by atoms with Gasteiger partial charge >= 0.3 is 0 Å². The third-order valence-corrected chi connectivity index (χ3v) is 4.53. The number of benzene rings is 1. The van der Waals surface area contributed by atoms with Crippen LogP contribution < -0.4 is 5.56 Å². The summed E-state index contributed by atoms with van der Waals surface area (Å²) in [6, 6.07) is 13.2. The lowest BCUT2D eigenvalue weighted by molar-refractivity contribution is 0.835. The molecule has 0 fully saturated rings. The van der Waals surface area contributed by atoms with Crippen molar-refractivity contribution in [1.82, 2.24) is 24.7 Å². The van der Waals surface area contributed by atoms with E-state index in [1.165, 1.54) is 4.68 Å². The minimum atomic E-state index is -0.233. The number of aryl methyl sites for hydroxylation is 1. The van der Waals surface area contributed by atoms with Gasteiger partial charge in [0.25, 0.3) is 5.56 Å². The average Bonchev–Trinajstić information content (AvgIpc) is 3.21. The molecule has 0 saturated heterocycles. The van der Waals surface area contributed by atoms with Gasteiger partial charge in [-0.1, -0.05) is 18.2 Å². The molecule has 132 valence electrons. The Morgan fingerprint density at radius 2 is 2.11 bits per heavy atom. The third-order valence-electron chi connectivity index (χ3n) is 4.10. The predicted molar refractivity (Wildman–Crippen MR) is 106 cm³/mol. The number of nitriles is 1. The van der Waals surface area contributed by atoms with Crippen LogP contribution in [0.3, 0.4) is 0 Å². The van der Waals surface area contributed by atoms with Crippen LogP contribution in [0, 0.1) is 18.3 Å². The molecular formula is C19H13BrN6O. The van der Waals surface area contributed by atoms with Crippen LogP contribution in [0.2, 0.25) is 0 Å². The summed E-state index contributed by atoms with van der Waals surface area (Å²) in [5.74, 6) is 0.365. The molecular weight excluding hydrogens is 408 g/mol. The van der Waals surface area contributed by atoms with Crippen molar-refractivity contribution in [3.8, 4) is 11.8 Å². The maximum absolute atomic E-state index is 12.8. The number of pyridine rings is 1. The summed E-state index contributed by atoms with van der Waals surface area (Å²) in [4.78, 5) is 24.4. The van der Waals surface area contributed by atoms with Gasteiger partial charge in [-0.05, 0) is 47.1 Å². The highest BCUT2D eigenvalue weighted by Gasteiger charge is 2.14. The zero-order valence-corrected chi connectivity index (χ0v) is 15.8. The van der Waals surface area contributed by atoms with Gasteiger partial charge in [0.05, 0.1) is 22.3 Å². The summed E-state index contributed by atoms with van der Waals surface area (Å²) in [7, 11) is 0. The first-order valence-electron chi connectivity index (χ1n) is 8.07. The Balaban J connectivity index is 1.82. The Kier molecular flexibility index (Phi) is 4.22. The maximum atomic E-state index is 12.8. The normalized spacial score (nSPS) is 11.7. The summed E-state index contributed by atoms with van der Waals surface area (Å²) in [6.45, 7) is 1.79. The van der Waals surface area contributed by atoms with Crippen molar-refractivity contribution in [2.45, 2.75) is 6.92 Å². The summed E-state index contributed by atoms with van der Waals surface area (Å²) >= 11 is 3.36. The van der Waals surface area contributed by atoms with Gasteiger partial charge in [0.15, 0.2) is 11.5 Å². The van der Waals surface area contributed by atoms with Crippen molar-refractivity contribution >= 4 is 38.7 Å². The Labute approximate surface area is 162 Å². The van der Waals surface area contributed by atoms with E-state index in [1.54, 1.807) is 19.2 Å². The van der Waals surface area contributed by atoms with Gasteiger partial charge in [-0.25, -0.2) is 14.6 Å². The maximum Gasteiger partial charge on any atom is 0.278 e. The fourth-order valence-corrected chi connectivity index (χ4v) is 3.12. The highest BCUT2D eigenvalue weighted by atomic mass is 79.9. The molecule has 7 nitrogen and oxygen atoms in total. The lowest BCUT2D eigenvalue weighted by Gasteiger charge is -1.99. The fourth-order valence-electron chi connectivity index (χ4n) is 2.79. The van der Waals surface area contributed by atoms with Crippen molar-refractivity contribution in [3.63, 3.8) is 0 Å². The molecule has 27 heavy (non-hydrogen) atoms. The van der Waals surface area contributed by atoms with E-state index in [0.29, 0.717) is 28.2 Å². The van der Waals surface area contributed by atoms with Crippen LogP contribution in [-0.4, -0.2) is 24.7 Å². The van der Waals surface area contributed by atoms with Gasteiger partial charge < -0.3 is 4.98 Å². The first kappa shape index (κ1) is 17.0. The summed E-state index contributed by atoms with van der Waals surface area (Å²) in [5.41, 5.74) is 3.02. The molecule has 0 radical (unpaired) electrons. The second kappa shape index (κ2) is 6.70. The molecule has 8 heteroatoms. The molecule has 3 heterocycles. The first-order chi connectivity index (χ1) is 13.1. The van der Waals surface area contributed by atoms with Crippen molar-refractivity contribution in [2.75, 3.05) is 0 Å². The smallest absolute Gasteiger partial charge is 0.278 e. The Bertz CT molecular complexity index is 1270. The topological polar surface area (TPSA) is 103 Å². The number of aromatic amines is 2. The van der Waals surface area contributed by atoms with Crippen LogP contribution in [0.15, 0.2) is 51.9 Å². The Morgan fingerprint density at radius 3 is 2.85 bits per heavy atom. The number of allylic oxidation sites excluding steroid dienone is 1. The van der Waals surface area contributed by atoms with Crippen LogP contribution in [0.4, 0.5) is 0 Å². The van der Waals surface area contributed by atoms with E-state index in [1.807, 2.05) is 36.4 Å². The number of hydrogen-bond acceptors (Lipinski definition) is 4. The highest BCUT2D eigenvalue weighted by Crippen LogP contribution is 2.20. The summed E-state index contributed by atoms with van der Waals surface area (Å²) < 4.78 is 2.26. The molecule has 0 aliphatic carbocycles. The number of para-hydroxylation sites is 1. The Hall–Kier alpha value is -3.44. The number of imidazole rings is 1. The van der Waals surface area contributed by atoms with Gasteiger partial charge in [0, 0.05) is 16.4 Å². The molecule has 0 aliphatic heterocycles. The van der Waals surface area contributed by atoms with Gasteiger partial charge in [-0.3, -0.25) is 9.89 Å². The minimum Gasteiger partial charge on any atom is -0.336 e. The molecule has 0 atom stereocenters. The molecule has 3 aromatic heterocycles. The van der Waals surface area contributed by atoms with Crippen molar-refractivity contribution < 1.29 is 0 Å². The monoisotopic (exact) mass is 420 g/mol. The van der Waals surface area contributed by atoms with E-state index in [4.69, 9.17) is 0 Å². The predicted octanol–water partition coefficient (Wildman–Crippen LogP) is 3.57. The molecule has 0 spiro atoms. The SMILES string of the molecule is Cc1[nH]n(-c2ccccc2)c(=O)c1C=C(C#N)c1nc2ncc(Br)cc2[nH]1. The van der Waals surface area contributed by atoms with Crippen LogP contribution in [0.1, 0.15) is 17.1 Å². The molecule has 2 N–H and O–H groups in total. The lowest BCUT2D eigenvalue weighted by atomic mass is 10.1. The molecule has 0 unspecified atom stereocenters. The van der Waals surface area contributed by atoms with E-state index in [2.05, 4.69) is 42.0 Å². The standard InChI is InChI=1S/C19H13BrN6O/c1-11-15(19(27)26(25-11)14-5-3-2-4-6-14)7-12(9-21)17-23-16-8-13(20)10-22-18(16)24-17/h2-8,10,25H,1H3,(H,22,23,24). The summed E-state index contributed by atoms with van der Waals surface area (Å²) in [5, 5.41) is 12.6. The summed E-state index contributed by atoms with van der Waals surface area (Å²) in [6.07, 6.45) is 3.18. The number of hydrogen-bond donors (Lipinski definition) is 2. The zero-order valence-electron chi connectivity index (χ0n) is 14.2. The Morgan fingerprint density at radius 1 is 1.33 bits per heavy atom. The number of nitrogens with one attached hydrogen (secondary N) is 2. The first-order valence-corrected chi connectivity index (χ1v) is 8.86. The van der Waals surface area contributed by atoms with Crippen LogP contribution in [0.25, 0.3) is 28.5 Å². The average molecular weight is 421 g/mol. The quantitative estimate of drug-likeness (QED) is 0.494. The van der Waals surface area contributed by atoms with Crippen LogP contribution in [0.5, 0.6) is 0 Å². The van der Waals surface area contributed by atoms with E-state index in [9.17, 15) is 10.1 Å². The molecule has 0 bridgehead atoms. The molecule has 0 amide bonds. The van der Waals surface area contributed by atoms with Gasteiger partial charge in [-0.15, -0.1) is 0 Å². The number of fused-ring (bicyclic) bond motifs is 1. The van der Waals surface area contributed by atoms with Gasteiger partial charge in [-0.2, -0.15) is 5.26 Å². The molecule has 1 aromatic carbocycles. The third kappa shape index (κ3) is 3.09. The lowest BCUT2D eigenvalue weighted by Crippen LogP contribution is -2.15. The van der Waals surface area contributed by atoms with E-state index >= 15 is 0 Å². The van der Waals surface area contributed by atoms with Crippen molar-refractivity contribution in [1.29, 1.82) is 5.26 Å². The van der Waals surface area contributed by atoms with Gasteiger partial charge in [0.1, 0.15) is 6.07 Å². The molecule has 4 aromatic rings. The number of rotatable bonds is 3. The number of nitrogens with zero attached hydrogens (tertiary/aromatic N) is 4.